The van der Waals surface area contributed by atoms with Crippen LogP contribution in [-0.4, -0.2) is 51.4 Å². The van der Waals surface area contributed by atoms with Crippen LogP contribution in [0.1, 0.15) is 32.6 Å². The van der Waals surface area contributed by atoms with Crippen molar-refractivity contribution >= 4 is 28.6 Å². The van der Waals surface area contributed by atoms with E-state index in [2.05, 4.69) is 6.92 Å². The van der Waals surface area contributed by atoms with Crippen molar-refractivity contribution in [2.75, 3.05) is 18.9 Å². The summed E-state index contributed by atoms with van der Waals surface area (Å²) in [5.41, 5.74) is 0.502. The topological polar surface area (TPSA) is 73.7 Å². The fourth-order valence-corrected chi connectivity index (χ4v) is 5.63. The summed E-state index contributed by atoms with van der Waals surface area (Å²) >= 11 is 1.33. The highest BCUT2D eigenvalue weighted by Crippen LogP contribution is 2.31. The first kappa shape index (κ1) is 22.8. The molecule has 8 heteroatoms. The molecular formula is C26H29N3O4S. The molecule has 1 fully saturated rings. The van der Waals surface area contributed by atoms with E-state index in [9.17, 15) is 9.59 Å². The second-order valence-electron chi connectivity index (χ2n) is 8.76. The molecule has 1 amide bonds. The molecule has 0 saturated carbocycles. The maximum Gasteiger partial charge on any atom is 0.262 e. The van der Waals surface area contributed by atoms with Crippen molar-refractivity contribution in [3.05, 3.63) is 58.9 Å². The highest BCUT2D eigenvalue weighted by molar-refractivity contribution is 7.99. The molecule has 0 radical (unpaired) electrons. The number of amides is 1. The Kier molecular flexibility index (Phi) is 6.76. The first-order valence-corrected chi connectivity index (χ1v) is 12.9. The number of thioether (sulfide) groups is 1. The van der Waals surface area contributed by atoms with Crippen LogP contribution in [0.25, 0.3) is 10.9 Å². The van der Waals surface area contributed by atoms with Crippen LogP contribution in [0, 0.1) is 0 Å². The van der Waals surface area contributed by atoms with Gasteiger partial charge < -0.3 is 14.4 Å². The van der Waals surface area contributed by atoms with E-state index in [0.29, 0.717) is 46.8 Å². The van der Waals surface area contributed by atoms with Crippen molar-refractivity contribution in [3.8, 4) is 11.5 Å². The monoisotopic (exact) mass is 479 g/mol. The van der Waals surface area contributed by atoms with E-state index in [1.54, 1.807) is 10.6 Å². The zero-order valence-electron chi connectivity index (χ0n) is 19.3. The fourth-order valence-electron chi connectivity index (χ4n) is 4.74. The molecule has 3 aromatic rings. The van der Waals surface area contributed by atoms with Crippen molar-refractivity contribution in [1.82, 2.24) is 14.5 Å². The number of piperidine rings is 1. The van der Waals surface area contributed by atoms with Gasteiger partial charge in [0.2, 0.25) is 5.91 Å². The van der Waals surface area contributed by atoms with E-state index in [0.717, 1.165) is 25.8 Å². The average molecular weight is 480 g/mol. The summed E-state index contributed by atoms with van der Waals surface area (Å²) in [6.07, 6.45) is 3.92. The van der Waals surface area contributed by atoms with E-state index >= 15 is 0 Å². The number of likely N-dealkylation sites (tertiary alicyclic amines) is 1. The Morgan fingerprint density at radius 3 is 2.76 bits per heavy atom. The Labute approximate surface area is 203 Å². The summed E-state index contributed by atoms with van der Waals surface area (Å²) in [4.78, 5) is 33.3. The maximum atomic E-state index is 13.4. The number of carbonyl (C=O) groups is 1. The zero-order valence-corrected chi connectivity index (χ0v) is 20.1. The summed E-state index contributed by atoms with van der Waals surface area (Å²) in [5, 5.41) is 1.09. The summed E-state index contributed by atoms with van der Waals surface area (Å²) < 4.78 is 13.6. The lowest BCUT2D eigenvalue weighted by Crippen LogP contribution is -2.44. The minimum atomic E-state index is -0.336. The molecule has 0 bridgehead atoms. The molecule has 1 saturated heterocycles. The Morgan fingerprint density at radius 2 is 1.91 bits per heavy atom. The van der Waals surface area contributed by atoms with Crippen LogP contribution in [0.5, 0.6) is 11.5 Å². The Morgan fingerprint density at radius 1 is 1.12 bits per heavy atom. The van der Waals surface area contributed by atoms with Crippen molar-refractivity contribution < 1.29 is 14.3 Å². The number of hydrogen-bond acceptors (Lipinski definition) is 6. The van der Waals surface area contributed by atoms with Crippen molar-refractivity contribution in [1.29, 1.82) is 0 Å². The van der Waals surface area contributed by atoms with Gasteiger partial charge in [0.15, 0.2) is 22.8 Å². The number of ether oxygens (including phenoxy) is 2. The van der Waals surface area contributed by atoms with Gasteiger partial charge in [-0.15, -0.1) is 0 Å². The Balaban J connectivity index is 1.40. The Bertz CT molecular complexity index is 1240. The molecule has 5 rings (SSSR count). The summed E-state index contributed by atoms with van der Waals surface area (Å²) in [7, 11) is 0. The molecule has 1 aromatic heterocycles. The van der Waals surface area contributed by atoms with Gasteiger partial charge in [0.1, 0.15) is 6.61 Å². The molecule has 3 heterocycles. The molecule has 178 valence electrons. The number of para-hydroxylation sites is 3. The lowest BCUT2D eigenvalue weighted by Gasteiger charge is -2.35. The molecule has 2 atom stereocenters. The van der Waals surface area contributed by atoms with Gasteiger partial charge in [-0.25, -0.2) is 4.98 Å². The predicted octanol–water partition coefficient (Wildman–Crippen LogP) is 4.12. The Hall–Kier alpha value is -3.00. The van der Waals surface area contributed by atoms with Gasteiger partial charge in [0.25, 0.3) is 5.56 Å². The smallest absolute Gasteiger partial charge is 0.262 e. The highest BCUT2D eigenvalue weighted by atomic mass is 32.2. The third kappa shape index (κ3) is 4.64. The lowest BCUT2D eigenvalue weighted by molar-refractivity contribution is -0.132. The van der Waals surface area contributed by atoms with E-state index < -0.39 is 0 Å². The molecular weight excluding hydrogens is 450 g/mol. The molecule has 0 aliphatic carbocycles. The van der Waals surface area contributed by atoms with Crippen LogP contribution in [0.4, 0.5) is 0 Å². The quantitative estimate of drug-likeness (QED) is 0.391. The molecule has 0 unspecified atom stereocenters. The van der Waals surface area contributed by atoms with Gasteiger partial charge in [-0.3, -0.25) is 14.2 Å². The predicted molar refractivity (Wildman–Crippen MR) is 133 cm³/mol. The number of fused-ring (bicyclic) bond motifs is 2. The molecule has 2 aliphatic heterocycles. The number of carbonyl (C=O) groups excluding carboxylic acids is 1. The van der Waals surface area contributed by atoms with Crippen molar-refractivity contribution in [3.63, 3.8) is 0 Å². The van der Waals surface area contributed by atoms with Gasteiger partial charge in [-0.2, -0.15) is 0 Å². The number of hydrogen-bond donors (Lipinski definition) is 0. The molecule has 2 aromatic carbocycles. The molecule has 2 aliphatic rings. The van der Waals surface area contributed by atoms with Crippen LogP contribution in [0.2, 0.25) is 0 Å². The average Bonchev–Trinajstić information content (AvgIpc) is 2.89. The van der Waals surface area contributed by atoms with Crippen molar-refractivity contribution in [2.45, 2.75) is 56.5 Å². The fraction of sp³-hybridized carbons (Fsp3) is 0.423. The standard InChI is InChI=1S/C26H29N3O4S/c1-2-18-9-7-8-14-28(18)24(30)17-34-26-27-21-11-4-3-10-20(21)25(31)29(26)15-19-16-32-22-12-5-6-13-23(22)33-19/h3-6,10-13,18-19H,2,7-9,14-17H2,1H3/t18-,19+/m1/s1. The van der Waals surface area contributed by atoms with E-state index in [1.807, 2.05) is 47.4 Å². The second-order valence-corrected chi connectivity index (χ2v) is 9.70. The normalized spacial score (nSPS) is 19.9. The number of rotatable bonds is 6. The van der Waals surface area contributed by atoms with Gasteiger partial charge in [0.05, 0.1) is 23.2 Å². The lowest BCUT2D eigenvalue weighted by atomic mass is 10.0. The highest BCUT2D eigenvalue weighted by Gasteiger charge is 2.27. The number of benzene rings is 2. The number of aromatic nitrogens is 2. The third-order valence-corrected chi connectivity index (χ3v) is 7.48. The summed E-state index contributed by atoms with van der Waals surface area (Å²) in [6.45, 7) is 3.58. The van der Waals surface area contributed by atoms with Crippen LogP contribution in [0.3, 0.4) is 0 Å². The van der Waals surface area contributed by atoms with Crippen LogP contribution >= 0.6 is 11.8 Å². The van der Waals surface area contributed by atoms with Gasteiger partial charge >= 0.3 is 0 Å². The minimum absolute atomic E-state index is 0.108. The molecule has 0 N–H and O–H groups in total. The van der Waals surface area contributed by atoms with Crippen LogP contribution in [-0.2, 0) is 11.3 Å². The van der Waals surface area contributed by atoms with Crippen molar-refractivity contribution in [2.24, 2.45) is 0 Å². The largest absolute Gasteiger partial charge is 0.486 e. The van der Waals surface area contributed by atoms with E-state index in [-0.39, 0.29) is 23.3 Å². The SMILES string of the molecule is CC[C@@H]1CCCCN1C(=O)CSc1nc2ccccc2c(=O)n1C[C@H]1COc2ccccc2O1. The molecule has 0 spiro atoms. The molecule has 34 heavy (non-hydrogen) atoms. The molecule has 7 nitrogen and oxygen atoms in total. The van der Waals surface area contributed by atoms with E-state index in [4.69, 9.17) is 14.5 Å². The van der Waals surface area contributed by atoms with E-state index in [1.165, 1.54) is 18.2 Å². The first-order valence-electron chi connectivity index (χ1n) is 11.9. The summed E-state index contributed by atoms with van der Waals surface area (Å²) in [5.74, 6) is 1.74. The minimum Gasteiger partial charge on any atom is -0.486 e. The van der Waals surface area contributed by atoms with Crippen LogP contribution < -0.4 is 15.0 Å². The third-order valence-electron chi connectivity index (χ3n) is 6.52. The summed E-state index contributed by atoms with van der Waals surface area (Å²) in [6, 6.07) is 15.2. The van der Waals surface area contributed by atoms with Gasteiger partial charge in [-0.05, 0) is 49.9 Å². The van der Waals surface area contributed by atoms with Crippen LogP contribution in [0.15, 0.2) is 58.5 Å². The first-order chi connectivity index (χ1) is 16.6. The van der Waals surface area contributed by atoms with Gasteiger partial charge in [-0.1, -0.05) is 43.0 Å². The second kappa shape index (κ2) is 10.1. The van der Waals surface area contributed by atoms with Gasteiger partial charge in [0, 0.05) is 12.6 Å². The maximum absolute atomic E-state index is 13.4. The number of nitrogens with zero attached hydrogens (tertiary/aromatic N) is 3. The zero-order chi connectivity index (χ0) is 23.5.